The first-order valence-electron chi connectivity index (χ1n) is 7.40. The topological polar surface area (TPSA) is 35.7 Å². The molecule has 0 radical (unpaired) electrons. The number of hydrogen-bond donors (Lipinski definition) is 1. The second-order valence-electron chi connectivity index (χ2n) is 6.74. The zero-order valence-corrected chi connectivity index (χ0v) is 12.4. The van der Waals surface area contributed by atoms with Crippen LogP contribution in [0.3, 0.4) is 0 Å². The van der Waals surface area contributed by atoms with Crippen LogP contribution < -0.4 is 5.84 Å². The van der Waals surface area contributed by atoms with Crippen LogP contribution >= 0.6 is 0 Å². The molecule has 2 heterocycles. The Labute approximate surface area is 112 Å². The fourth-order valence-electron chi connectivity index (χ4n) is 3.64. The van der Waals surface area contributed by atoms with Crippen LogP contribution in [-0.2, 0) is 0 Å². The molecule has 4 heteroatoms. The van der Waals surface area contributed by atoms with Crippen molar-refractivity contribution in [2.45, 2.75) is 26.2 Å². The van der Waals surface area contributed by atoms with E-state index in [1.807, 2.05) is 5.01 Å². The molecule has 2 fully saturated rings. The van der Waals surface area contributed by atoms with E-state index >= 15 is 0 Å². The van der Waals surface area contributed by atoms with E-state index < -0.39 is 0 Å². The van der Waals surface area contributed by atoms with Crippen molar-refractivity contribution in [1.29, 1.82) is 0 Å². The molecule has 0 aliphatic carbocycles. The van der Waals surface area contributed by atoms with Crippen molar-refractivity contribution < 1.29 is 0 Å². The molecule has 2 aliphatic heterocycles. The van der Waals surface area contributed by atoms with E-state index in [0.717, 1.165) is 19.0 Å². The number of likely N-dealkylation sites (tertiary alicyclic amines) is 1. The van der Waals surface area contributed by atoms with Crippen LogP contribution in [0.15, 0.2) is 0 Å². The molecule has 0 bridgehead atoms. The molecule has 2 saturated heterocycles. The van der Waals surface area contributed by atoms with Crippen molar-refractivity contribution in [3.8, 4) is 0 Å². The highest BCUT2D eigenvalue weighted by Gasteiger charge is 2.42. The molecular weight excluding hydrogens is 224 g/mol. The molecular formula is C14H30N4. The molecule has 0 amide bonds. The van der Waals surface area contributed by atoms with E-state index in [2.05, 4.69) is 30.8 Å². The standard InChI is InChI=1S/C14H30N4/c1-4-14(10-16(2)3)11-17(12-14)9-13-5-7-18(15)8-6-13/h13H,4-12,15H2,1-3H3. The van der Waals surface area contributed by atoms with E-state index in [-0.39, 0.29) is 0 Å². The van der Waals surface area contributed by atoms with Gasteiger partial charge in [-0.1, -0.05) is 6.92 Å². The summed E-state index contributed by atoms with van der Waals surface area (Å²) in [4.78, 5) is 5.00. The van der Waals surface area contributed by atoms with Crippen LogP contribution in [0.5, 0.6) is 0 Å². The summed E-state index contributed by atoms with van der Waals surface area (Å²) in [5.74, 6) is 6.68. The van der Waals surface area contributed by atoms with Gasteiger partial charge < -0.3 is 9.80 Å². The van der Waals surface area contributed by atoms with Crippen LogP contribution in [0.4, 0.5) is 0 Å². The number of nitrogens with zero attached hydrogens (tertiary/aromatic N) is 3. The molecule has 0 aromatic carbocycles. The number of nitrogens with two attached hydrogens (primary N) is 1. The summed E-state index contributed by atoms with van der Waals surface area (Å²) in [5, 5.41) is 1.97. The molecule has 2 rings (SSSR count). The van der Waals surface area contributed by atoms with Gasteiger partial charge in [-0.15, -0.1) is 0 Å². The first-order valence-corrected chi connectivity index (χ1v) is 7.40. The van der Waals surface area contributed by atoms with Crippen LogP contribution in [0.25, 0.3) is 0 Å². The fraction of sp³-hybridized carbons (Fsp3) is 1.00. The second-order valence-corrected chi connectivity index (χ2v) is 6.74. The average Bonchev–Trinajstić information content (AvgIpc) is 2.28. The van der Waals surface area contributed by atoms with Crippen LogP contribution in [-0.4, -0.2) is 68.2 Å². The van der Waals surface area contributed by atoms with Gasteiger partial charge in [-0.05, 0) is 39.3 Å². The first-order chi connectivity index (χ1) is 8.53. The summed E-state index contributed by atoms with van der Waals surface area (Å²) < 4.78 is 0. The number of hydrogen-bond acceptors (Lipinski definition) is 4. The third-order valence-electron chi connectivity index (χ3n) is 4.69. The van der Waals surface area contributed by atoms with E-state index in [9.17, 15) is 0 Å². The lowest BCUT2D eigenvalue weighted by Gasteiger charge is -2.52. The Morgan fingerprint density at radius 3 is 2.33 bits per heavy atom. The van der Waals surface area contributed by atoms with Gasteiger partial charge >= 0.3 is 0 Å². The molecule has 18 heavy (non-hydrogen) atoms. The van der Waals surface area contributed by atoms with Gasteiger partial charge in [-0.2, -0.15) is 0 Å². The molecule has 0 saturated carbocycles. The predicted molar refractivity (Wildman–Crippen MR) is 76.2 cm³/mol. The minimum Gasteiger partial charge on any atom is -0.309 e. The Kier molecular flexibility index (Phi) is 4.64. The summed E-state index contributed by atoms with van der Waals surface area (Å²) in [6, 6.07) is 0. The maximum absolute atomic E-state index is 5.81. The Balaban J connectivity index is 1.71. The summed E-state index contributed by atoms with van der Waals surface area (Å²) >= 11 is 0. The summed E-state index contributed by atoms with van der Waals surface area (Å²) in [6.45, 7) is 9.62. The lowest BCUT2D eigenvalue weighted by molar-refractivity contribution is -0.0341. The van der Waals surface area contributed by atoms with E-state index in [4.69, 9.17) is 5.84 Å². The van der Waals surface area contributed by atoms with Crippen LogP contribution in [0.2, 0.25) is 0 Å². The van der Waals surface area contributed by atoms with Crippen LogP contribution in [0, 0.1) is 11.3 Å². The van der Waals surface area contributed by atoms with Gasteiger partial charge in [0, 0.05) is 44.7 Å². The zero-order valence-electron chi connectivity index (χ0n) is 12.4. The minimum atomic E-state index is 0.568. The molecule has 0 aromatic heterocycles. The molecule has 106 valence electrons. The SMILES string of the molecule is CCC1(CN(C)C)CN(CC2CCN(N)CC2)C1. The number of piperidine rings is 1. The van der Waals surface area contributed by atoms with Crippen molar-refractivity contribution in [2.75, 3.05) is 53.4 Å². The summed E-state index contributed by atoms with van der Waals surface area (Å²) in [5.41, 5.74) is 0.568. The van der Waals surface area contributed by atoms with E-state index in [1.54, 1.807) is 0 Å². The van der Waals surface area contributed by atoms with Crippen molar-refractivity contribution in [3.05, 3.63) is 0 Å². The van der Waals surface area contributed by atoms with Gasteiger partial charge in [0.25, 0.3) is 0 Å². The van der Waals surface area contributed by atoms with Crippen molar-refractivity contribution in [3.63, 3.8) is 0 Å². The van der Waals surface area contributed by atoms with Gasteiger partial charge in [0.05, 0.1) is 0 Å². The zero-order chi connectivity index (χ0) is 13.2. The molecule has 0 spiro atoms. The molecule has 0 atom stereocenters. The molecule has 2 N–H and O–H groups in total. The van der Waals surface area contributed by atoms with E-state index in [1.165, 1.54) is 45.4 Å². The second kappa shape index (κ2) is 5.87. The lowest BCUT2D eigenvalue weighted by Crippen LogP contribution is -2.61. The van der Waals surface area contributed by atoms with Gasteiger partial charge in [-0.25, -0.2) is 5.01 Å². The summed E-state index contributed by atoms with van der Waals surface area (Å²) in [7, 11) is 4.38. The molecule has 0 unspecified atom stereocenters. The van der Waals surface area contributed by atoms with Gasteiger partial charge in [0.15, 0.2) is 0 Å². The highest BCUT2D eigenvalue weighted by molar-refractivity contribution is 4.96. The van der Waals surface area contributed by atoms with Crippen LogP contribution in [0.1, 0.15) is 26.2 Å². The minimum absolute atomic E-state index is 0.568. The fourth-order valence-corrected chi connectivity index (χ4v) is 3.64. The number of rotatable bonds is 5. The average molecular weight is 254 g/mol. The Hall–Kier alpha value is -0.160. The Morgan fingerprint density at radius 1 is 1.22 bits per heavy atom. The number of hydrazine groups is 1. The first kappa shape index (κ1) is 14.3. The maximum atomic E-state index is 5.81. The highest BCUT2D eigenvalue weighted by Crippen LogP contribution is 2.35. The van der Waals surface area contributed by atoms with Crippen molar-refractivity contribution >= 4 is 0 Å². The third-order valence-corrected chi connectivity index (χ3v) is 4.69. The Morgan fingerprint density at radius 2 is 1.83 bits per heavy atom. The monoisotopic (exact) mass is 254 g/mol. The summed E-state index contributed by atoms with van der Waals surface area (Å²) in [6.07, 6.45) is 3.86. The highest BCUT2D eigenvalue weighted by atomic mass is 15.4. The largest absolute Gasteiger partial charge is 0.309 e. The van der Waals surface area contributed by atoms with E-state index in [0.29, 0.717) is 5.41 Å². The van der Waals surface area contributed by atoms with Gasteiger partial charge in [-0.3, -0.25) is 5.84 Å². The normalized spacial score (nSPS) is 26.5. The van der Waals surface area contributed by atoms with Gasteiger partial charge in [0.2, 0.25) is 0 Å². The maximum Gasteiger partial charge on any atom is 0.0131 e. The smallest absolute Gasteiger partial charge is 0.0131 e. The van der Waals surface area contributed by atoms with Crippen molar-refractivity contribution in [2.24, 2.45) is 17.2 Å². The quantitative estimate of drug-likeness (QED) is 0.738. The molecule has 4 nitrogen and oxygen atoms in total. The molecule has 0 aromatic rings. The Bertz CT molecular complexity index is 253. The molecule has 2 aliphatic rings. The predicted octanol–water partition coefficient (Wildman–Crippen LogP) is 0.846. The third kappa shape index (κ3) is 3.44. The van der Waals surface area contributed by atoms with Crippen molar-refractivity contribution in [1.82, 2.24) is 14.8 Å². The van der Waals surface area contributed by atoms with Gasteiger partial charge in [0.1, 0.15) is 0 Å². The lowest BCUT2D eigenvalue weighted by atomic mass is 9.76.